The van der Waals surface area contributed by atoms with Crippen LogP contribution >= 0.6 is 12.6 Å². The summed E-state index contributed by atoms with van der Waals surface area (Å²) in [5.41, 5.74) is 0. The third-order valence-electron chi connectivity index (χ3n) is 2.46. The maximum absolute atomic E-state index is 11.2. The minimum Gasteiger partial charge on any atom is -0.466 e. The Balaban J connectivity index is 3.21. The maximum Gasteiger partial charge on any atom is 0.305 e. The lowest BCUT2D eigenvalue weighted by Crippen LogP contribution is -2.07. The lowest BCUT2D eigenvalue weighted by molar-refractivity contribution is -0.143. The van der Waals surface area contributed by atoms with E-state index in [0.29, 0.717) is 13.0 Å². The summed E-state index contributed by atoms with van der Waals surface area (Å²) >= 11 is 4.22. The van der Waals surface area contributed by atoms with Gasteiger partial charge in [-0.1, -0.05) is 40.0 Å². The van der Waals surface area contributed by atoms with E-state index in [2.05, 4.69) is 26.5 Å². The summed E-state index contributed by atoms with van der Waals surface area (Å²) in [6.07, 6.45) is 5.96. The van der Waals surface area contributed by atoms with Crippen LogP contribution in [0.15, 0.2) is 0 Å². The third kappa shape index (κ3) is 11.9. The van der Waals surface area contributed by atoms with E-state index < -0.39 is 0 Å². The molecule has 0 bridgehead atoms. The van der Waals surface area contributed by atoms with Gasteiger partial charge in [0.1, 0.15) is 0 Å². The standard InChI is InChI=1S/C13H26O2S/c1-11(2)7-5-4-6-10-15-13(14)9-8-12(3)16/h11-12,16H,4-10H2,1-3H3. The van der Waals surface area contributed by atoms with Crippen molar-refractivity contribution in [3.63, 3.8) is 0 Å². The maximum atomic E-state index is 11.2. The SMILES string of the molecule is CC(C)CCCCCOC(=O)CCC(C)S. The molecule has 0 aliphatic carbocycles. The van der Waals surface area contributed by atoms with Crippen LogP contribution in [0.3, 0.4) is 0 Å². The van der Waals surface area contributed by atoms with Crippen LogP contribution in [-0.2, 0) is 9.53 Å². The van der Waals surface area contributed by atoms with Gasteiger partial charge in [-0.2, -0.15) is 12.6 Å². The number of rotatable bonds is 9. The number of ether oxygens (including phenoxy) is 1. The summed E-state index contributed by atoms with van der Waals surface area (Å²) in [7, 11) is 0. The lowest BCUT2D eigenvalue weighted by atomic mass is 10.1. The molecule has 96 valence electrons. The quantitative estimate of drug-likeness (QED) is 0.380. The van der Waals surface area contributed by atoms with Crippen LogP contribution in [-0.4, -0.2) is 17.8 Å². The lowest BCUT2D eigenvalue weighted by Gasteiger charge is -2.06. The molecule has 1 atom stereocenters. The van der Waals surface area contributed by atoms with Crippen molar-refractivity contribution in [1.82, 2.24) is 0 Å². The average Bonchev–Trinajstić information content (AvgIpc) is 2.19. The zero-order valence-corrected chi connectivity index (χ0v) is 11.8. The highest BCUT2D eigenvalue weighted by Gasteiger charge is 2.04. The number of carbonyl (C=O) groups excluding carboxylic acids is 1. The van der Waals surface area contributed by atoms with Crippen LogP contribution in [0.5, 0.6) is 0 Å². The molecule has 0 saturated carbocycles. The summed E-state index contributed by atoms with van der Waals surface area (Å²) in [6, 6.07) is 0. The molecule has 0 N–H and O–H groups in total. The molecule has 0 fully saturated rings. The Kier molecular flexibility index (Phi) is 9.89. The Morgan fingerprint density at radius 3 is 2.38 bits per heavy atom. The van der Waals surface area contributed by atoms with Gasteiger partial charge >= 0.3 is 5.97 Å². The minimum absolute atomic E-state index is 0.0789. The molecule has 0 aromatic carbocycles. The highest BCUT2D eigenvalue weighted by molar-refractivity contribution is 7.80. The molecule has 0 amide bonds. The van der Waals surface area contributed by atoms with Crippen molar-refractivity contribution in [2.75, 3.05) is 6.61 Å². The summed E-state index contributed by atoms with van der Waals surface area (Å²) in [4.78, 5) is 11.2. The van der Waals surface area contributed by atoms with Gasteiger partial charge in [0, 0.05) is 6.42 Å². The zero-order chi connectivity index (χ0) is 12.4. The van der Waals surface area contributed by atoms with E-state index in [1.165, 1.54) is 12.8 Å². The normalized spacial score (nSPS) is 12.8. The molecule has 0 heterocycles. The molecule has 1 unspecified atom stereocenters. The number of esters is 1. The van der Waals surface area contributed by atoms with Gasteiger partial charge < -0.3 is 4.74 Å². The van der Waals surface area contributed by atoms with Gasteiger partial charge in [0.05, 0.1) is 6.61 Å². The molecule has 0 spiro atoms. The summed E-state index contributed by atoms with van der Waals surface area (Å²) < 4.78 is 5.13. The first kappa shape index (κ1) is 15.8. The fourth-order valence-electron chi connectivity index (χ4n) is 1.42. The summed E-state index contributed by atoms with van der Waals surface area (Å²) in [6.45, 7) is 7.04. The van der Waals surface area contributed by atoms with E-state index in [-0.39, 0.29) is 11.2 Å². The Bertz CT molecular complexity index is 179. The fraction of sp³-hybridized carbons (Fsp3) is 0.923. The van der Waals surface area contributed by atoms with Gasteiger partial charge in [0.15, 0.2) is 0 Å². The molecule has 3 heteroatoms. The number of unbranched alkanes of at least 4 members (excludes halogenated alkanes) is 2. The molecular formula is C13H26O2S. The Hall–Kier alpha value is -0.180. The number of thiol groups is 1. The van der Waals surface area contributed by atoms with Gasteiger partial charge in [-0.25, -0.2) is 0 Å². The van der Waals surface area contributed by atoms with Crippen molar-refractivity contribution in [2.45, 2.75) is 64.5 Å². The largest absolute Gasteiger partial charge is 0.466 e. The van der Waals surface area contributed by atoms with Crippen molar-refractivity contribution >= 4 is 18.6 Å². The zero-order valence-electron chi connectivity index (χ0n) is 10.9. The van der Waals surface area contributed by atoms with Crippen molar-refractivity contribution in [2.24, 2.45) is 5.92 Å². The molecule has 0 saturated heterocycles. The van der Waals surface area contributed by atoms with E-state index in [0.717, 1.165) is 25.2 Å². The average molecular weight is 246 g/mol. The van der Waals surface area contributed by atoms with E-state index in [4.69, 9.17) is 4.74 Å². The van der Waals surface area contributed by atoms with Crippen LogP contribution < -0.4 is 0 Å². The number of carbonyl (C=O) groups is 1. The van der Waals surface area contributed by atoms with E-state index in [9.17, 15) is 4.79 Å². The first-order chi connectivity index (χ1) is 7.52. The Morgan fingerprint density at radius 1 is 1.12 bits per heavy atom. The van der Waals surface area contributed by atoms with Crippen molar-refractivity contribution in [3.05, 3.63) is 0 Å². The molecular weight excluding hydrogens is 220 g/mol. The monoisotopic (exact) mass is 246 g/mol. The predicted molar refractivity (Wildman–Crippen MR) is 71.9 cm³/mol. The van der Waals surface area contributed by atoms with E-state index in [1.807, 2.05) is 6.92 Å². The molecule has 2 nitrogen and oxygen atoms in total. The summed E-state index contributed by atoms with van der Waals surface area (Å²) in [5, 5.41) is 0.276. The van der Waals surface area contributed by atoms with E-state index in [1.54, 1.807) is 0 Å². The third-order valence-corrected chi connectivity index (χ3v) is 2.71. The first-order valence-corrected chi connectivity index (χ1v) is 6.87. The molecule has 0 aliphatic rings. The van der Waals surface area contributed by atoms with Crippen molar-refractivity contribution in [1.29, 1.82) is 0 Å². The predicted octanol–water partition coefficient (Wildman–Crippen LogP) is 3.84. The summed E-state index contributed by atoms with van der Waals surface area (Å²) in [5.74, 6) is 0.698. The minimum atomic E-state index is -0.0789. The highest BCUT2D eigenvalue weighted by Crippen LogP contribution is 2.08. The molecule has 0 aromatic heterocycles. The van der Waals surface area contributed by atoms with Crippen molar-refractivity contribution in [3.8, 4) is 0 Å². The fourth-order valence-corrected chi connectivity index (χ4v) is 1.55. The number of hydrogen-bond acceptors (Lipinski definition) is 3. The van der Waals surface area contributed by atoms with Crippen molar-refractivity contribution < 1.29 is 9.53 Å². The second kappa shape index (κ2) is 10.0. The number of hydrogen-bond donors (Lipinski definition) is 1. The molecule has 0 radical (unpaired) electrons. The van der Waals surface area contributed by atoms with Gasteiger partial charge in [-0.3, -0.25) is 4.79 Å². The van der Waals surface area contributed by atoms with Crippen LogP contribution in [0.2, 0.25) is 0 Å². The molecule has 0 aliphatic heterocycles. The van der Waals surface area contributed by atoms with Gasteiger partial charge in [0.25, 0.3) is 0 Å². The topological polar surface area (TPSA) is 26.3 Å². The van der Waals surface area contributed by atoms with Crippen LogP contribution in [0, 0.1) is 5.92 Å². The highest BCUT2D eigenvalue weighted by atomic mass is 32.1. The molecule has 0 aromatic rings. The Labute approximate surface area is 106 Å². The van der Waals surface area contributed by atoms with Crippen LogP contribution in [0.1, 0.15) is 59.3 Å². The van der Waals surface area contributed by atoms with Gasteiger partial charge in [-0.15, -0.1) is 0 Å². The van der Waals surface area contributed by atoms with Crippen LogP contribution in [0.25, 0.3) is 0 Å². The van der Waals surface area contributed by atoms with E-state index >= 15 is 0 Å². The second-order valence-electron chi connectivity index (χ2n) is 4.85. The first-order valence-electron chi connectivity index (χ1n) is 6.36. The van der Waals surface area contributed by atoms with Crippen LogP contribution in [0.4, 0.5) is 0 Å². The molecule has 0 rings (SSSR count). The van der Waals surface area contributed by atoms with Gasteiger partial charge in [0.2, 0.25) is 0 Å². The smallest absolute Gasteiger partial charge is 0.305 e. The molecule has 16 heavy (non-hydrogen) atoms. The second-order valence-corrected chi connectivity index (χ2v) is 5.73. The van der Waals surface area contributed by atoms with Gasteiger partial charge in [-0.05, 0) is 24.0 Å². The Morgan fingerprint density at radius 2 is 1.81 bits per heavy atom.